The normalized spacial score (nSPS) is 12.9. The van der Waals surface area contributed by atoms with E-state index in [1.807, 2.05) is 87.6 Å². The summed E-state index contributed by atoms with van der Waals surface area (Å²) >= 11 is -2.24. The number of pyridine rings is 1. The molecule has 6 heteroatoms. The van der Waals surface area contributed by atoms with Crippen molar-refractivity contribution < 1.29 is 27.3 Å². The molecule has 1 radical (unpaired) electrons. The molecule has 3 aromatic heterocycles. The molecule has 0 aliphatic carbocycles. The van der Waals surface area contributed by atoms with Gasteiger partial charge in [-0.3, -0.25) is 4.98 Å². The van der Waals surface area contributed by atoms with Crippen LogP contribution in [0.1, 0.15) is 55.4 Å². The van der Waals surface area contributed by atoms with E-state index in [2.05, 4.69) is 114 Å². The first kappa shape index (κ1) is 36.7. The molecule has 0 saturated carbocycles. The summed E-state index contributed by atoms with van der Waals surface area (Å²) in [5.74, 6) is 7.70. The first-order valence-electron chi connectivity index (χ1n) is 19.3. The van der Waals surface area contributed by atoms with Crippen molar-refractivity contribution in [3.8, 4) is 28.3 Å². The van der Waals surface area contributed by atoms with Crippen LogP contribution in [0.4, 0.5) is 0 Å². The molecule has 0 atom stereocenters. The monoisotopic (exact) mass is 952 g/mol. The zero-order chi connectivity index (χ0) is 39.3. The van der Waals surface area contributed by atoms with Crippen LogP contribution in [0.5, 0.6) is 0 Å². The van der Waals surface area contributed by atoms with Gasteiger partial charge in [-0.1, -0.05) is 80.3 Å². The second-order valence-corrected chi connectivity index (χ2v) is 27.3. The summed E-state index contributed by atoms with van der Waals surface area (Å²) in [6.07, 6.45) is 0.502. The molecule has 8 aromatic rings. The molecule has 0 N–H and O–H groups in total. The minimum Gasteiger partial charge on any atom is 0 e. The number of hydrogen-bond acceptors (Lipinski definition) is 3. The van der Waals surface area contributed by atoms with E-state index in [9.17, 15) is 0 Å². The van der Waals surface area contributed by atoms with Crippen molar-refractivity contribution in [2.24, 2.45) is 5.41 Å². The van der Waals surface area contributed by atoms with Gasteiger partial charge in [0.05, 0.1) is 22.4 Å². The Balaban J connectivity index is 0.000000198. The Morgan fingerprint density at radius 3 is 2.20 bits per heavy atom. The minimum absolute atomic E-state index is 0. The van der Waals surface area contributed by atoms with Crippen LogP contribution >= 0.6 is 0 Å². The predicted molar refractivity (Wildman–Crippen MR) is 226 cm³/mol. The molecule has 0 fully saturated rings. The van der Waals surface area contributed by atoms with Crippen LogP contribution in [-0.4, -0.2) is 27.8 Å². The third-order valence-corrected chi connectivity index (χ3v) is 13.5. The van der Waals surface area contributed by atoms with Crippen molar-refractivity contribution in [3.63, 3.8) is 0 Å². The largest absolute Gasteiger partial charge is 0 e. The quantitative estimate of drug-likeness (QED) is 0.128. The Kier molecular flexibility index (Phi) is 10.5. The number of nitrogens with zero attached hydrogens (tertiary/aromatic N) is 3. The summed E-state index contributed by atoms with van der Waals surface area (Å²) in [6, 6.07) is 45.4. The summed E-state index contributed by atoms with van der Waals surface area (Å²) in [4.78, 5) is 9.70. The van der Waals surface area contributed by atoms with Gasteiger partial charge >= 0.3 is 135 Å². The van der Waals surface area contributed by atoms with Crippen molar-refractivity contribution in [3.05, 3.63) is 145 Å². The minimum atomic E-state index is -2.24. The molecule has 8 rings (SSSR count). The summed E-state index contributed by atoms with van der Waals surface area (Å²) in [7, 11) is 0. The fourth-order valence-electron chi connectivity index (χ4n) is 6.86. The average Bonchev–Trinajstić information content (AvgIpc) is 3.73. The number of imidazole rings is 1. The van der Waals surface area contributed by atoms with E-state index < -0.39 is 25.1 Å². The van der Waals surface area contributed by atoms with Gasteiger partial charge in [0, 0.05) is 31.2 Å². The van der Waals surface area contributed by atoms with Gasteiger partial charge in [-0.2, -0.15) is 0 Å². The van der Waals surface area contributed by atoms with Gasteiger partial charge in [-0.25, -0.2) is 0 Å². The van der Waals surface area contributed by atoms with E-state index >= 15 is 0 Å². The molecule has 0 spiro atoms. The zero-order valence-corrected chi connectivity index (χ0v) is 37.1. The predicted octanol–water partition coefficient (Wildman–Crippen LogP) is 12.4. The third kappa shape index (κ3) is 8.19. The number of hydrogen-bond donors (Lipinski definition) is 0. The Labute approximate surface area is 339 Å². The molecular weight excluding hydrogens is 899 g/mol. The Morgan fingerprint density at radius 2 is 1.48 bits per heavy atom. The van der Waals surface area contributed by atoms with Gasteiger partial charge < -0.3 is 8.98 Å². The van der Waals surface area contributed by atoms with E-state index in [4.69, 9.17) is 12.1 Å². The van der Waals surface area contributed by atoms with E-state index in [0.29, 0.717) is 0 Å². The maximum atomic E-state index is 8.76. The van der Waals surface area contributed by atoms with Gasteiger partial charge in [0.25, 0.3) is 0 Å². The van der Waals surface area contributed by atoms with Crippen molar-refractivity contribution in [1.29, 1.82) is 0 Å². The van der Waals surface area contributed by atoms with Gasteiger partial charge in [-0.15, -0.1) is 18.2 Å². The number of aromatic nitrogens is 3. The van der Waals surface area contributed by atoms with Crippen molar-refractivity contribution in [2.45, 2.75) is 70.6 Å². The molecule has 0 unspecified atom stereocenters. The molecule has 4 nitrogen and oxygen atoms in total. The van der Waals surface area contributed by atoms with Crippen LogP contribution in [0.25, 0.3) is 61.3 Å². The summed E-state index contributed by atoms with van der Waals surface area (Å²) in [5, 5.41) is 2.19. The van der Waals surface area contributed by atoms with Crippen LogP contribution < -0.4 is 4.40 Å². The summed E-state index contributed by atoms with van der Waals surface area (Å²) < 4.78 is 27.3. The standard InChI is InChI=1S/C29H23N2O.C19H26GeN.Ir/c1-29(2,3)22-14-5-7-16-24(22)31-25-17-8-6-15-23(25)30-28(31)21-13-10-12-20-19-11-4-9-18-26(19)32-27(20)21;1-19(2,3)13-16-12-18(15-10-8-7-9-11-15)21-14-17(16)20(4,5)6;/h4-12,14-18H,1-3H3;7-10,12,14H,13H2,1-6H3;/q2*-1;/i;13D2;. The van der Waals surface area contributed by atoms with Crippen LogP contribution in [0.2, 0.25) is 17.3 Å². The fraction of sp³-hybridized carbons (Fsp3) is 0.250. The number of fused-ring (bicyclic) bond motifs is 4. The molecule has 0 aliphatic heterocycles. The average molecular weight is 951 g/mol. The molecule has 0 aliphatic rings. The number of rotatable bonds is 5. The van der Waals surface area contributed by atoms with Crippen molar-refractivity contribution in [1.82, 2.24) is 14.5 Å². The molecule has 0 bridgehead atoms. The van der Waals surface area contributed by atoms with Crippen LogP contribution in [0.15, 0.2) is 126 Å². The number of benzene rings is 5. The molecule has 0 amide bonds. The second-order valence-electron chi connectivity index (χ2n) is 16.7. The van der Waals surface area contributed by atoms with Gasteiger partial charge in [0.1, 0.15) is 5.58 Å². The van der Waals surface area contributed by atoms with E-state index in [-0.39, 0.29) is 25.5 Å². The molecule has 54 heavy (non-hydrogen) atoms. The topological polar surface area (TPSA) is 43.9 Å². The maximum absolute atomic E-state index is 8.76. The third-order valence-electron chi connectivity index (χ3n) is 9.28. The van der Waals surface area contributed by atoms with E-state index in [1.54, 1.807) is 0 Å². The van der Waals surface area contributed by atoms with E-state index in [1.165, 1.54) is 5.56 Å². The van der Waals surface area contributed by atoms with Crippen molar-refractivity contribution >= 4 is 50.6 Å². The molecule has 0 saturated heterocycles. The van der Waals surface area contributed by atoms with Crippen molar-refractivity contribution in [2.75, 3.05) is 0 Å². The summed E-state index contributed by atoms with van der Waals surface area (Å²) in [6.45, 7) is 12.6. The Morgan fingerprint density at radius 1 is 0.778 bits per heavy atom. The maximum Gasteiger partial charge on any atom is 0 e. The number of furan rings is 1. The van der Waals surface area contributed by atoms with Crippen LogP contribution in [0, 0.1) is 17.5 Å². The first-order valence-corrected chi connectivity index (χ1v) is 25.7. The van der Waals surface area contributed by atoms with E-state index in [0.717, 1.165) is 71.3 Å². The molecule has 5 aromatic carbocycles. The first-order chi connectivity index (χ1) is 26.0. The van der Waals surface area contributed by atoms with Gasteiger partial charge in [0.15, 0.2) is 0 Å². The Bertz CT molecular complexity index is 2640. The van der Waals surface area contributed by atoms with Crippen LogP contribution in [0.3, 0.4) is 0 Å². The van der Waals surface area contributed by atoms with Gasteiger partial charge in [-0.05, 0) is 35.2 Å². The molecule has 277 valence electrons. The second kappa shape index (κ2) is 15.5. The van der Waals surface area contributed by atoms with Crippen LogP contribution in [-0.2, 0) is 31.9 Å². The smallest absolute Gasteiger partial charge is 0 e. The Hall–Kier alpha value is -4.29. The molecular formula is C48H49GeIrN3O-2. The molecule has 3 heterocycles. The fourth-order valence-corrected chi connectivity index (χ4v) is 9.78. The zero-order valence-electron chi connectivity index (χ0n) is 34.6. The number of para-hydroxylation sites is 4. The summed E-state index contributed by atoms with van der Waals surface area (Å²) in [5.41, 5.74) is 9.00. The SMILES string of the molecule is CC(C)(C)c1ccccc1-n1c(-c2[c-]ccc3c2oc2ccccc23)nc2ccccc21.[2H]C([2H])(c1cc(-c2[c-]cccc2)nc[c]1[Ge]([CH3])([CH3])[CH3])C(C)(C)C.[Ir]. The van der Waals surface area contributed by atoms with Gasteiger partial charge in [0.2, 0.25) is 0 Å².